The molecule has 0 aliphatic heterocycles. The summed E-state index contributed by atoms with van der Waals surface area (Å²) in [6, 6.07) is 0. The molecule has 0 aliphatic rings. The van der Waals surface area contributed by atoms with E-state index in [2.05, 4.69) is 20.8 Å². The van der Waals surface area contributed by atoms with Crippen LogP contribution in [0.4, 0.5) is 4.79 Å². The second-order valence-electron chi connectivity index (χ2n) is 5.49. The number of amides is 1. The standard InChI is InChI=1S/C11H23Cl2NO2Si/c1-11(2,3)17(4,5)16-10(15)14(8-6-12)9-7-13/h6-9H2,1-5H3. The summed E-state index contributed by atoms with van der Waals surface area (Å²) >= 11 is 11.3. The Balaban J connectivity index is 4.59. The molecule has 0 radical (unpaired) electrons. The average Bonchev–Trinajstić information content (AvgIpc) is 2.14. The van der Waals surface area contributed by atoms with Crippen molar-refractivity contribution in [1.82, 2.24) is 4.90 Å². The first-order valence-corrected chi connectivity index (χ1v) is 9.73. The Kier molecular flexibility index (Phi) is 6.88. The molecular formula is C11H23Cl2NO2Si. The van der Waals surface area contributed by atoms with Crippen molar-refractivity contribution in [3.05, 3.63) is 0 Å². The van der Waals surface area contributed by atoms with Gasteiger partial charge in [-0.2, -0.15) is 0 Å². The quantitative estimate of drug-likeness (QED) is 0.569. The summed E-state index contributed by atoms with van der Waals surface area (Å²) in [6.07, 6.45) is -0.294. The van der Waals surface area contributed by atoms with Gasteiger partial charge < -0.3 is 9.33 Å². The lowest BCUT2D eigenvalue weighted by molar-refractivity contribution is 0.153. The van der Waals surface area contributed by atoms with Crippen LogP contribution in [0, 0.1) is 0 Å². The van der Waals surface area contributed by atoms with Crippen LogP contribution in [0.3, 0.4) is 0 Å². The summed E-state index contributed by atoms with van der Waals surface area (Å²) in [6.45, 7) is 11.3. The zero-order valence-electron chi connectivity index (χ0n) is 11.3. The minimum Gasteiger partial charge on any atom is -0.503 e. The highest BCUT2D eigenvalue weighted by molar-refractivity contribution is 6.75. The Morgan fingerprint density at radius 2 is 1.59 bits per heavy atom. The molecule has 0 aliphatic carbocycles. The SMILES string of the molecule is CC(C)(C)[Si](C)(C)OC(=O)N(CCCl)CCCl. The molecule has 0 atom stereocenters. The predicted octanol–water partition coefficient (Wildman–Crippen LogP) is 3.91. The van der Waals surface area contributed by atoms with E-state index in [1.165, 1.54) is 0 Å². The van der Waals surface area contributed by atoms with Crippen LogP contribution in [0.5, 0.6) is 0 Å². The fraction of sp³-hybridized carbons (Fsp3) is 0.909. The third-order valence-corrected chi connectivity index (χ3v) is 7.75. The van der Waals surface area contributed by atoms with Gasteiger partial charge in [0.1, 0.15) is 0 Å². The number of alkyl halides is 2. The van der Waals surface area contributed by atoms with Crippen molar-refractivity contribution < 1.29 is 9.22 Å². The van der Waals surface area contributed by atoms with Crippen molar-refractivity contribution in [2.24, 2.45) is 0 Å². The van der Waals surface area contributed by atoms with Crippen LogP contribution in [-0.2, 0) is 4.43 Å². The van der Waals surface area contributed by atoms with Crippen LogP contribution >= 0.6 is 23.2 Å². The zero-order valence-corrected chi connectivity index (χ0v) is 13.9. The maximum Gasteiger partial charge on any atom is 0.396 e. The molecule has 0 aromatic rings. The van der Waals surface area contributed by atoms with Crippen molar-refractivity contribution in [3.63, 3.8) is 0 Å². The number of hydrogen-bond acceptors (Lipinski definition) is 2. The Hall–Kier alpha value is 0.0669. The Labute approximate surface area is 116 Å². The van der Waals surface area contributed by atoms with Gasteiger partial charge in [0.2, 0.25) is 0 Å². The summed E-state index contributed by atoms with van der Waals surface area (Å²) in [5.41, 5.74) is 0. The van der Waals surface area contributed by atoms with Crippen molar-refractivity contribution in [3.8, 4) is 0 Å². The van der Waals surface area contributed by atoms with Crippen molar-refractivity contribution >= 4 is 37.6 Å². The Bertz CT molecular complexity index is 248. The van der Waals surface area contributed by atoms with E-state index in [9.17, 15) is 4.79 Å². The van der Waals surface area contributed by atoms with Crippen molar-refractivity contribution in [2.75, 3.05) is 24.8 Å². The molecule has 0 unspecified atom stereocenters. The summed E-state index contributed by atoms with van der Waals surface area (Å²) in [5, 5.41) is 0.0102. The minimum absolute atomic E-state index is 0.0102. The van der Waals surface area contributed by atoms with Crippen LogP contribution in [-0.4, -0.2) is 44.2 Å². The summed E-state index contributed by atoms with van der Waals surface area (Å²) in [5.74, 6) is 0.785. The normalized spacial score (nSPS) is 12.4. The highest BCUT2D eigenvalue weighted by atomic mass is 35.5. The van der Waals surface area contributed by atoms with Crippen LogP contribution in [0.2, 0.25) is 18.1 Å². The van der Waals surface area contributed by atoms with E-state index in [-0.39, 0.29) is 11.1 Å². The molecule has 0 N–H and O–H groups in total. The number of carbonyl (C=O) groups is 1. The van der Waals surface area contributed by atoms with Gasteiger partial charge in [-0.3, -0.25) is 0 Å². The molecule has 0 saturated carbocycles. The van der Waals surface area contributed by atoms with E-state index >= 15 is 0 Å². The highest BCUT2D eigenvalue weighted by Crippen LogP contribution is 2.36. The molecule has 0 aromatic carbocycles. The second kappa shape index (κ2) is 6.85. The van der Waals surface area contributed by atoms with E-state index in [1.54, 1.807) is 4.90 Å². The molecule has 0 bridgehead atoms. The number of rotatable bonds is 5. The molecule has 1 amide bonds. The summed E-state index contributed by atoms with van der Waals surface area (Å²) < 4.78 is 5.68. The highest BCUT2D eigenvalue weighted by Gasteiger charge is 2.41. The lowest BCUT2D eigenvalue weighted by Crippen LogP contribution is -2.47. The molecule has 102 valence electrons. The van der Waals surface area contributed by atoms with Gasteiger partial charge >= 0.3 is 6.09 Å². The van der Waals surface area contributed by atoms with Gasteiger partial charge in [0.15, 0.2) is 0 Å². The van der Waals surface area contributed by atoms with Gasteiger partial charge in [-0.1, -0.05) is 20.8 Å². The van der Waals surface area contributed by atoms with Crippen LogP contribution in [0.25, 0.3) is 0 Å². The predicted molar refractivity (Wildman–Crippen MR) is 76.7 cm³/mol. The third kappa shape index (κ3) is 5.49. The smallest absolute Gasteiger partial charge is 0.396 e. The Morgan fingerprint density at radius 1 is 1.18 bits per heavy atom. The first-order chi connectivity index (χ1) is 7.65. The first-order valence-electron chi connectivity index (χ1n) is 5.75. The molecule has 17 heavy (non-hydrogen) atoms. The molecule has 3 nitrogen and oxygen atoms in total. The average molecular weight is 300 g/mol. The third-order valence-electron chi connectivity index (χ3n) is 3.12. The molecule has 0 heterocycles. The van der Waals surface area contributed by atoms with Gasteiger partial charge in [0, 0.05) is 24.8 Å². The molecule has 6 heteroatoms. The number of carbonyl (C=O) groups excluding carboxylic acids is 1. The number of halogens is 2. The van der Waals surface area contributed by atoms with Crippen molar-refractivity contribution in [1.29, 1.82) is 0 Å². The van der Waals surface area contributed by atoms with Crippen LogP contribution < -0.4 is 0 Å². The number of hydrogen-bond donors (Lipinski definition) is 0. The second-order valence-corrected chi connectivity index (χ2v) is 11.0. The van der Waals surface area contributed by atoms with E-state index in [0.29, 0.717) is 24.8 Å². The lowest BCUT2D eigenvalue weighted by Gasteiger charge is -2.37. The maximum absolute atomic E-state index is 12.0. The monoisotopic (exact) mass is 299 g/mol. The van der Waals surface area contributed by atoms with Gasteiger partial charge in [0.05, 0.1) is 0 Å². The molecule has 0 spiro atoms. The lowest BCUT2D eigenvalue weighted by atomic mass is 10.2. The van der Waals surface area contributed by atoms with Gasteiger partial charge in [0.25, 0.3) is 8.32 Å². The molecule has 0 aromatic heterocycles. The summed E-state index contributed by atoms with van der Waals surface area (Å²) in [7, 11) is -2.07. The molecule has 0 rings (SSSR count). The molecule has 0 saturated heterocycles. The fourth-order valence-electron chi connectivity index (χ4n) is 0.934. The summed E-state index contributed by atoms with van der Waals surface area (Å²) in [4.78, 5) is 13.6. The van der Waals surface area contributed by atoms with E-state index in [0.717, 1.165) is 0 Å². The molecule has 0 fully saturated rings. The van der Waals surface area contributed by atoms with E-state index < -0.39 is 8.32 Å². The van der Waals surface area contributed by atoms with E-state index in [4.69, 9.17) is 27.6 Å². The van der Waals surface area contributed by atoms with Crippen LogP contribution in [0.15, 0.2) is 0 Å². The topological polar surface area (TPSA) is 29.5 Å². The largest absolute Gasteiger partial charge is 0.503 e. The first kappa shape index (κ1) is 17.1. The van der Waals surface area contributed by atoms with Crippen molar-refractivity contribution in [2.45, 2.75) is 38.9 Å². The number of nitrogens with zero attached hydrogens (tertiary/aromatic N) is 1. The van der Waals surface area contributed by atoms with Gasteiger partial charge in [-0.25, -0.2) is 4.79 Å². The van der Waals surface area contributed by atoms with E-state index in [1.807, 2.05) is 13.1 Å². The van der Waals surface area contributed by atoms with Crippen LogP contribution in [0.1, 0.15) is 20.8 Å². The molecular weight excluding hydrogens is 277 g/mol. The van der Waals surface area contributed by atoms with Gasteiger partial charge in [-0.05, 0) is 18.1 Å². The van der Waals surface area contributed by atoms with Gasteiger partial charge in [-0.15, -0.1) is 23.2 Å². The maximum atomic E-state index is 12.0. The zero-order chi connectivity index (χ0) is 13.7. The Morgan fingerprint density at radius 3 is 1.88 bits per heavy atom. The minimum atomic E-state index is -2.07. The fourth-order valence-corrected chi connectivity index (χ4v) is 2.21.